The Morgan fingerprint density at radius 2 is 2.07 bits per heavy atom. The molecule has 1 amide bonds. The third kappa shape index (κ3) is 4.24. The number of carbonyl (C=O) groups excluding carboxylic acids is 1. The van der Waals surface area contributed by atoms with Gasteiger partial charge in [0.25, 0.3) is 5.91 Å². The summed E-state index contributed by atoms with van der Waals surface area (Å²) >= 11 is 13.1. The van der Waals surface area contributed by atoms with Crippen molar-refractivity contribution in [2.75, 3.05) is 14.1 Å². The molecule has 7 nitrogen and oxygen atoms in total. The summed E-state index contributed by atoms with van der Waals surface area (Å²) in [6.45, 7) is 0.850. The Labute approximate surface area is 168 Å². The maximum atomic E-state index is 12.4. The Kier molecular flexibility index (Phi) is 5.71. The molecule has 0 aliphatic rings. The molecule has 10 heteroatoms. The Bertz CT molecular complexity index is 1080. The highest BCUT2D eigenvalue weighted by molar-refractivity contribution is 7.17. The van der Waals surface area contributed by atoms with Crippen LogP contribution in [0.15, 0.2) is 29.2 Å². The average molecular weight is 428 g/mol. The van der Waals surface area contributed by atoms with Crippen molar-refractivity contribution in [1.82, 2.24) is 14.7 Å². The van der Waals surface area contributed by atoms with Crippen molar-refractivity contribution in [2.24, 2.45) is 0 Å². The number of halogens is 2. The molecule has 0 aliphatic heterocycles. The quantitative estimate of drug-likeness (QED) is 0.573. The maximum absolute atomic E-state index is 12.4. The smallest absolute Gasteiger partial charge is 0.301 e. The van der Waals surface area contributed by atoms with Crippen LogP contribution in [-0.2, 0) is 13.1 Å². The van der Waals surface area contributed by atoms with E-state index in [-0.39, 0.29) is 12.2 Å². The van der Waals surface area contributed by atoms with Crippen LogP contribution in [0.3, 0.4) is 0 Å². The van der Waals surface area contributed by atoms with Crippen LogP contribution in [0.2, 0.25) is 10.0 Å². The van der Waals surface area contributed by atoms with Gasteiger partial charge in [0.1, 0.15) is 6.54 Å². The summed E-state index contributed by atoms with van der Waals surface area (Å²) in [6.07, 6.45) is 1.64. The predicted octanol–water partition coefficient (Wildman–Crippen LogP) is 1.34. The van der Waals surface area contributed by atoms with Crippen LogP contribution in [0.5, 0.6) is 5.75 Å². The number of benzene rings is 1. The summed E-state index contributed by atoms with van der Waals surface area (Å²) in [5.41, 5.74) is -0.246. The van der Waals surface area contributed by atoms with Crippen molar-refractivity contribution >= 4 is 45.4 Å². The summed E-state index contributed by atoms with van der Waals surface area (Å²) in [7, 11) is 3.97. The van der Waals surface area contributed by atoms with Gasteiger partial charge in [-0.05, 0) is 17.7 Å². The fourth-order valence-electron chi connectivity index (χ4n) is 2.48. The predicted molar refractivity (Wildman–Crippen MR) is 105 cm³/mol. The van der Waals surface area contributed by atoms with Gasteiger partial charge in [-0.2, -0.15) is 0 Å². The molecule has 2 aromatic heterocycles. The van der Waals surface area contributed by atoms with E-state index in [1.165, 1.54) is 20.6 Å². The molecule has 3 aromatic rings. The fraction of sp³-hybridized carbons (Fsp3) is 0.235. The summed E-state index contributed by atoms with van der Waals surface area (Å²) in [6, 6.07) is 4.97. The number of hydrogen-bond acceptors (Lipinski definition) is 5. The maximum Gasteiger partial charge on any atom is 0.301 e. The number of fused-ring (bicyclic) bond motifs is 1. The molecule has 0 radical (unpaired) electrons. The van der Waals surface area contributed by atoms with Crippen molar-refractivity contribution in [1.29, 1.82) is 0 Å². The van der Waals surface area contributed by atoms with Crippen LogP contribution in [0.4, 0.5) is 0 Å². The second-order valence-electron chi connectivity index (χ2n) is 6.28. The highest BCUT2D eigenvalue weighted by Crippen LogP contribution is 2.23. The molecular formula is C17H17Cl2N4O3S+. The largest absolute Gasteiger partial charge is 0.501 e. The molecule has 142 valence electrons. The van der Waals surface area contributed by atoms with Crippen LogP contribution >= 0.6 is 34.5 Å². The number of hydrogen-bond donors (Lipinski definition) is 3. The van der Waals surface area contributed by atoms with Crippen molar-refractivity contribution in [3.63, 3.8) is 0 Å². The molecule has 0 aliphatic carbocycles. The van der Waals surface area contributed by atoms with Crippen LogP contribution in [-0.4, -0.2) is 34.5 Å². The van der Waals surface area contributed by atoms with Crippen molar-refractivity contribution in [2.45, 2.75) is 13.1 Å². The van der Waals surface area contributed by atoms with Gasteiger partial charge in [0.15, 0.2) is 10.7 Å². The molecule has 0 unspecified atom stereocenters. The zero-order chi connectivity index (χ0) is 19.7. The molecule has 2 heterocycles. The Balaban J connectivity index is 1.86. The Morgan fingerprint density at radius 3 is 2.74 bits per heavy atom. The molecule has 1 aromatic carbocycles. The summed E-state index contributed by atoms with van der Waals surface area (Å²) in [5.74, 6) is -1.33. The minimum atomic E-state index is -0.680. The molecule has 3 N–H and O–H groups in total. The standard InChI is InChI=1S/C17H16Cl2N4O3S/c1-22(2)7-10-8-23-16(26)14(24)13(21-17(23)27-10)15(25)20-6-9-3-4-11(18)12(19)5-9/h3-5,8,24H,6-7H2,1-2H3,(H,20,25)/p+1. The minimum absolute atomic E-state index is 0.149. The first-order valence-electron chi connectivity index (χ1n) is 8.01. The lowest BCUT2D eigenvalue weighted by atomic mass is 10.2. The van der Waals surface area contributed by atoms with E-state index in [4.69, 9.17) is 23.2 Å². The minimum Gasteiger partial charge on any atom is -0.501 e. The lowest BCUT2D eigenvalue weighted by Crippen LogP contribution is -3.04. The zero-order valence-electron chi connectivity index (χ0n) is 14.5. The van der Waals surface area contributed by atoms with E-state index >= 15 is 0 Å². The first-order valence-corrected chi connectivity index (χ1v) is 9.58. The number of nitrogens with one attached hydrogen (secondary N) is 2. The van der Waals surface area contributed by atoms with Crippen molar-refractivity contribution < 1.29 is 14.8 Å². The molecule has 0 saturated heterocycles. The van der Waals surface area contributed by atoms with E-state index in [2.05, 4.69) is 10.3 Å². The Hall–Kier alpha value is -2.13. The fourth-order valence-corrected chi connectivity index (χ4v) is 3.93. The van der Waals surface area contributed by atoms with Crippen molar-refractivity contribution in [3.05, 3.63) is 60.9 Å². The monoisotopic (exact) mass is 427 g/mol. The van der Waals surface area contributed by atoms with E-state index < -0.39 is 17.2 Å². The van der Waals surface area contributed by atoms with E-state index in [0.717, 1.165) is 10.4 Å². The highest BCUT2D eigenvalue weighted by Gasteiger charge is 2.20. The second-order valence-corrected chi connectivity index (χ2v) is 8.19. The third-order valence-corrected chi connectivity index (χ3v) is 5.46. The number of aromatic hydroxyl groups is 1. The van der Waals surface area contributed by atoms with Gasteiger partial charge in [-0.3, -0.25) is 14.0 Å². The zero-order valence-corrected chi connectivity index (χ0v) is 16.9. The van der Waals surface area contributed by atoms with Crippen LogP contribution in [0.25, 0.3) is 4.96 Å². The summed E-state index contributed by atoms with van der Waals surface area (Å²) in [5, 5.41) is 13.5. The molecule has 3 rings (SSSR count). The number of amides is 1. The van der Waals surface area contributed by atoms with Gasteiger partial charge in [-0.15, -0.1) is 0 Å². The normalized spacial score (nSPS) is 11.3. The van der Waals surface area contributed by atoms with Gasteiger partial charge < -0.3 is 15.3 Å². The SMILES string of the molecule is C[NH+](C)Cc1cn2c(=O)c(O)c(C(=O)NCc3ccc(Cl)c(Cl)c3)nc2s1. The number of thiazole rings is 1. The topological polar surface area (TPSA) is 88.1 Å². The third-order valence-electron chi connectivity index (χ3n) is 3.73. The van der Waals surface area contributed by atoms with Gasteiger partial charge in [0.05, 0.1) is 29.0 Å². The highest BCUT2D eigenvalue weighted by atomic mass is 35.5. The van der Waals surface area contributed by atoms with E-state index in [9.17, 15) is 14.7 Å². The number of rotatable bonds is 5. The lowest BCUT2D eigenvalue weighted by Gasteiger charge is -2.07. The van der Waals surface area contributed by atoms with Crippen LogP contribution < -0.4 is 15.8 Å². The Morgan fingerprint density at radius 1 is 1.33 bits per heavy atom. The van der Waals surface area contributed by atoms with Crippen LogP contribution in [0, 0.1) is 0 Å². The lowest BCUT2D eigenvalue weighted by molar-refractivity contribution is -0.872. The van der Waals surface area contributed by atoms with Gasteiger partial charge in [-0.1, -0.05) is 40.6 Å². The molecular weight excluding hydrogens is 411 g/mol. The summed E-state index contributed by atoms with van der Waals surface area (Å²) < 4.78 is 1.26. The van der Waals surface area contributed by atoms with Gasteiger partial charge in [0, 0.05) is 12.7 Å². The van der Waals surface area contributed by atoms with E-state index in [1.807, 2.05) is 14.1 Å². The van der Waals surface area contributed by atoms with Gasteiger partial charge in [-0.25, -0.2) is 4.98 Å². The van der Waals surface area contributed by atoms with E-state index in [0.29, 0.717) is 21.6 Å². The molecule has 0 bridgehead atoms. The van der Waals surface area contributed by atoms with Gasteiger partial charge in [0.2, 0.25) is 5.75 Å². The molecule has 27 heavy (non-hydrogen) atoms. The number of aromatic nitrogens is 2. The number of carbonyl (C=O) groups is 1. The number of nitrogens with zero attached hydrogens (tertiary/aromatic N) is 2. The van der Waals surface area contributed by atoms with Crippen molar-refractivity contribution in [3.8, 4) is 5.75 Å². The molecule has 0 saturated carbocycles. The average Bonchev–Trinajstić information content (AvgIpc) is 3.00. The molecule has 0 fully saturated rings. The van der Waals surface area contributed by atoms with E-state index in [1.54, 1.807) is 24.4 Å². The molecule has 0 spiro atoms. The molecule has 0 atom stereocenters. The van der Waals surface area contributed by atoms with Gasteiger partial charge >= 0.3 is 5.56 Å². The summed E-state index contributed by atoms with van der Waals surface area (Å²) in [4.78, 5) is 31.4. The second kappa shape index (κ2) is 7.85. The first kappa shape index (κ1) is 19.6. The number of quaternary nitrogens is 1. The first-order chi connectivity index (χ1) is 12.8. The van der Waals surface area contributed by atoms with Crippen LogP contribution in [0.1, 0.15) is 20.9 Å².